The second kappa shape index (κ2) is 5.41. The largest absolute Gasteiger partial charge is 0.480 e. The Balaban J connectivity index is 2.41. The summed E-state index contributed by atoms with van der Waals surface area (Å²) in [4.78, 5) is 36.9. The third-order valence-corrected chi connectivity index (χ3v) is 3.78. The van der Waals surface area contributed by atoms with Crippen molar-refractivity contribution in [1.29, 1.82) is 0 Å². The minimum absolute atomic E-state index is 0.0514. The third kappa shape index (κ3) is 2.40. The number of imide groups is 1. The van der Waals surface area contributed by atoms with Crippen molar-refractivity contribution in [3.05, 3.63) is 35.9 Å². The van der Waals surface area contributed by atoms with Crippen molar-refractivity contribution < 1.29 is 19.5 Å². The summed E-state index contributed by atoms with van der Waals surface area (Å²) in [5, 5.41) is 9.20. The van der Waals surface area contributed by atoms with Crippen LogP contribution < -0.4 is 0 Å². The lowest BCUT2D eigenvalue weighted by atomic mass is 9.81. The first-order valence-corrected chi connectivity index (χ1v) is 6.50. The van der Waals surface area contributed by atoms with Crippen LogP contribution in [0.4, 0.5) is 0 Å². The van der Waals surface area contributed by atoms with Gasteiger partial charge >= 0.3 is 5.97 Å². The number of carbonyl (C=O) groups is 3. The van der Waals surface area contributed by atoms with Gasteiger partial charge in [0.05, 0.1) is 5.41 Å². The van der Waals surface area contributed by atoms with Gasteiger partial charge in [0, 0.05) is 12.8 Å². The molecule has 1 heterocycles. The number of benzene rings is 1. The molecule has 2 unspecified atom stereocenters. The maximum absolute atomic E-state index is 12.6. The molecule has 1 aromatic carbocycles. The first-order chi connectivity index (χ1) is 9.91. The predicted octanol–water partition coefficient (Wildman–Crippen LogP) is 1.18. The molecule has 2 rings (SSSR count). The lowest BCUT2D eigenvalue weighted by Crippen LogP contribution is -2.47. The van der Waals surface area contributed by atoms with Crippen LogP contribution in [0.25, 0.3) is 0 Å². The van der Waals surface area contributed by atoms with Crippen LogP contribution in [0.2, 0.25) is 0 Å². The molecule has 108 valence electrons. The molecule has 0 spiro atoms. The number of carbonyl (C=O) groups excluding carboxylic acids is 2. The summed E-state index contributed by atoms with van der Waals surface area (Å²) in [5.74, 6) is -0.0822. The average Bonchev–Trinajstić information content (AvgIpc) is 2.69. The zero-order chi connectivity index (χ0) is 15.6. The monoisotopic (exact) mass is 285 g/mol. The normalized spacial score (nSPS) is 23.0. The van der Waals surface area contributed by atoms with Crippen LogP contribution in [0, 0.1) is 12.3 Å². The molecule has 1 aliphatic heterocycles. The van der Waals surface area contributed by atoms with Crippen LogP contribution in [-0.4, -0.2) is 33.8 Å². The molecule has 1 aliphatic rings. The Labute approximate surface area is 122 Å². The summed E-state index contributed by atoms with van der Waals surface area (Å²) in [6.45, 7) is 1.65. The molecule has 1 N–H and O–H groups in total. The molecule has 0 saturated carbocycles. The minimum Gasteiger partial charge on any atom is -0.480 e. The summed E-state index contributed by atoms with van der Waals surface area (Å²) in [6, 6.07) is 7.57. The van der Waals surface area contributed by atoms with Crippen molar-refractivity contribution >= 4 is 17.8 Å². The molecule has 5 nitrogen and oxygen atoms in total. The number of nitrogens with zero attached hydrogens (tertiary/aromatic N) is 1. The second-order valence-electron chi connectivity index (χ2n) is 5.21. The highest BCUT2D eigenvalue weighted by atomic mass is 16.4. The molecule has 2 atom stereocenters. The number of aliphatic carboxylic acids is 1. The maximum atomic E-state index is 12.6. The fraction of sp³-hybridized carbons (Fsp3) is 0.312. The average molecular weight is 285 g/mol. The molecule has 0 aromatic heterocycles. The van der Waals surface area contributed by atoms with E-state index in [9.17, 15) is 19.5 Å². The smallest absolute Gasteiger partial charge is 0.327 e. The van der Waals surface area contributed by atoms with Crippen LogP contribution in [0.1, 0.15) is 25.3 Å². The van der Waals surface area contributed by atoms with E-state index in [0.717, 1.165) is 4.90 Å². The first kappa shape index (κ1) is 14.8. The lowest BCUT2D eigenvalue weighted by molar-refractivity contribution is -0.154. The Bertz CT molecular complexity index is 631. The molecule has 0 radical (unpaired) electrons. The highest BCUT2D eigenvalue weighted by molar-refractivity contribution is 6.11. The molecule has 21 heavy (non-hydrogen) atoms. The van der Waals surface area contributed by atoms with E-state index in [-0.39, 0.29) is 12.8 Å². The minimum atomic E-state index is -1.31. The van der Waals surface area contributed by atoms with Crippen molar-refractivity contribution in [3.63, 3.8) is 0 Å². The zero-order valence-corrected chi connectivity index (χ0v) is 11.6. The second-order valence-corrected chi connectivity index (χ2v) is 5.21. The van der Waals surface area contributed by atoms with Gasteiger partial charge in [0.1, 0.15) is 6.04 Å². The van der Waals surface area contributed by atoms with Crippen LogP contribution in [0.5, 0.6) is 0 Å². The number of carboxylic acid groups (broad SMARTS) is 1. The van der Waals surface area contributed by atoms with E-state index in [1.54, 1.807) is 31.2 Å². The lowest BCUT2D eigenvalue weighted by Gasteiger charge is -2.25. The summed E-state index contributed by atoms with van der Waals surface area (Å²) in [6.07, 6.45) is 4.89. The van der Waals surface area contributed by atoms with Gasteiger partial charge in [-0.2, -0.15) is 0 Å². The first-order valence-electron chi connectivity index (χ1n) is 6.50. The summed E-state index contributed by atoms with van der Waals surface area (Å²) in [7, 11) is 0. The SMILES string of the molecule is C#CCC(C(=O)O)N1C(=O)CC(C)(c2ccccc2)C1=O. The number of hydrogen-bond donors (Lipinski definition) is 1. The van der Waals surface area contributed by atoms with Gasteiger partial charge in [-0.25, -0.2) is 4.79 Å². The van der Waals surface area contributed by atoms with Gasteiger partial charge < -0.3 is 5.11 Å². The molecule has 0 bridgehead atoms. The van der Waals surface area contributed by atoms with Gasteiger partial charge in [0.2, 0.25) is 11.8 Å². The number of amides is 2. The van der Waals surface area contributed by atoms with Gasteiger partial charge in [-0.3, -0.25) is 14.5 Å². The van der Waals surface area contributed by atoms with E-state index in [2.05, 4.69) is 5.92 Å². The van der Waals surface area contributed by atoms with E-state index in [1.807, 2.05) is 6.07 Å². The summed E-state index contributed by atoms with van der Waals surface area (Å²) in [5.41, 5.74) is -0.351. The number of terminal acetylenes is 1. The Morgan fingerprint density at radius 3 is 2.57 bits per heavy atom. The van der Waals surface area contributed by atoms with E-state index in [1.165, 1.54) is 0 Å². The zero-order valence-electron chi connectivity index (χ0n) is 11.6. The number of likely N-dealkylation sites (tertiary alicyclic amines) is 1. The quantitative estimate of drug-likeness (QED) is 0.666. The van der Waals surface area contributed by atoms with Gasteiger partial charge in [-0.15, -0.1) is 12.3 Å². The standard InChI is InChI=1S/C16H15NO4/c1-3-7-12(14(19)20)17-13(18)10-16(2,15(17)21)11-8-5-4-6-9-11/h1,4-6,8-9,12H,7,10H2,2H3,(H,19,20). The van der Waals surface area contributed by atoms with E-state index >= 15 is 0 Å². The van der Waals surface area contributed by atoms with Gasteiger partial charge in [-0.1, -0.05) is 30.3 Å². The molecular weight excluding hydrogens is 270 g/mol. The predicted molar refractivity (Wildman–Crippen MR) is 75.1 cm³/mol. The summed E-state index contributed by atoms with van der Waals surface area (Å²) >= 11 is 0. The van der Waals surface area contributed by atoms with Crippen molar-refractivity contribution in [2.24, 2.45) is 0 Å². The molecule has 1 fully saturated rings. The van der Waals surface area contributed by atoms with Gasteiger partial charge in [0.15, 0.2) is 0 Å². The van der Waals surface area contributed by atoms with Crippen molar-refractivity contribution in [2.75, 3.05) is 0 Å². The van der Waals surface area contributed by atoms with E-state index in [0.29, 0.717) is 5.56 Å². The number of rotatable bonds is 4. The fourth-order valence-corrected chi connectivity index (χ4v) is 2.59. The Morgan fingerprint density at radius 2 is 2.05 bits per heavy atom. The fourth-order valence-electron chi connectivity index (χ4n) is 2.59. The van der Waals surface area contributed by atoms with Crippen LogP contribution in [0.3, 0.4) is 0 Å². The van der Waals surface area contributed by atoms with Gasteiger partial charge in [-0.05, 0) is 12.5 Å². The highest BCUT2D eigenvalue weighted by Gasteiger charge is 2.52. The molecule has 2 amide bonds. The topological polar surface area (TPSA) is 74.7 Å². The molecular formula is C16H15NO4. The summed E-state index contributed by atoms with van der Waals surface area (Å²) < 4.78 is 0. The van der Waals surface area contributed by atoms with E-state index in [4.69, 9.17) is 6.42 Å². The van der Waals surface area contributed by atoms with Crippen molar-refractivity contribution in [3.8, 4) is 12.3 Å². The number of carboxylic acids is 1. The third-order valence-electron chi connectivity index (χ3n) is 3.78. The van der Waals surface area contributed by atoms with Crippen LogP contribution in [0.15, 0.2) is 30.3 Å². The van der Waals surface area contributed by atoms with Crippen molar-refractivity contribution in [1.82, 2.24) is 4.90 Å². The Kier molecular flexibility index (Phi) is 3.81. The van der Waals surface area contributed by atoms with Crippen LogP contribution in [-0.2, 0) is 19.8 Å². The van der Waals surface area contributed by atoms with E-state index < -0.39 is 29.2 Å². The number of hydrogen-bond acceptors (Lipinski definition) is 3. The Hall–Kier alpha value is -2.61. The molecule has 1 saturated heterocycles. The maximum Gasteiger partial charge on any atom is 0.327 e. The van der Waals surface area contributed by atoms with Gasteiger partial charge in [0.25, 0.3) is 0 Å². The molecule has 5 heteroatoms. The van der Waals surface area contributed by atoms with Crippen molar-refractivity contribution in [2.45, 2.75) is 31.2 Å². The molecule has 0 aliphatic carbocycles. The highest BCUT2D eigenvalue weighted by Crippen LogP contribution is 2.37. The Morgan fingerprint density at radius 1 is 1.43 bits per heavy atom. The molecule has 1 aromatic rings. The van der Waals surface area contributed by atoms with Crippen LogP contribution >= 0.6 is 0 Å².